The molecule has 1 unspecified atom stereocenters. The van der Waals surface area contributed by atoms with Crippen LogP contribution in [0.1, 0.15) is 29.7 Å². The van der Waals surface area contributed by atoms with Crippen molar-refractivity contribution in [2.45, 2.75) is 32.0 Å². The van der Waals surface area contributed by atoms with E-state index in [1.165, 1.54) is 11.2 Å². The standard InChI is InChI=1S/C24H27N5O5/c1-32-13-20-19(7-6-15-9-17(33-2)11-18(10-15)34-3)21-22(25)26-14-27-23(21)29(20)12-16-5-4-8-28(16)24(30)31/h9-11,14,16H,4-5,8,12-13H2,1-3H3,(H,30,31)(H2,25,26,27). The van der Waals surface area contributed by atoms with Gasteiger partial charge in [0, 0.05) is 31.8 Å². The summed E-state index contributed by atoms with van der Waals surface area (Å²) < 4.78 is 18.1. The second-order valence-corrected chi connectivity index (χ2v) is 7.95. The highest BCUT2D eigenvalue weighted by Gasteiger charge is 2.31. The summed E-state index contributed by atoms with van der Waals surface area (Å²) in [5, 5.41) is 10.2. The Kier molecular flexibility index (Phi) is 6.75. The Morgan fingerprint density at radius 3 is 2.56 bits per heavy atom. The minimum Gasteiger partial charge on any atom is -0.497 e. The normalized spacial score (nSPS) is 15.3. The van der Waals surface area contributed by atoms with E-state index in [4.69, 9.17) is 19.9 Å². The number of nitrogens with zero attached hydrogens (tertiary/aromatic N) is 4. The number of ether oxygens (including phenoxy) is 3. The van der Waals surface area contributed by atoms with Crippen molar-refractivity contribution >= 4 is 22.9 Å². The predicted octanol–water partition coefficient (Wildman–Crippen LogP) is 2.72. The van der Waals surface area contributed by atoms with Crippen molar-refractivity contribution in [2.75, 3.05) is 33.6 Å². The molecule has 1 saturated heterocycles. The first-order valence-corrected chi connectivity index (χ1v) is 10.8. The molecule has 1 aliphatic heterocycles. The molecule has 0 radical (unpaired) electrons. The zero-order chi connectivity index (χ0) is 24.2. The number of likely N-dealkylation sites (tertiary alicyclic amines) is 1. The molecule has 0 spiro atoms. The second kappa shape index (κ2) is 9.89. The molecule has 0 saturated carbocycles. The van der Waals surface area contributed by atoms with Crippen LogP contribution in [-0.4, -0.2) is 64.6 Å². The molecule has 1 aromatic carbocycles. The Hall–Kier alpha value is -3.97. The van der Waals surface area contributed by atoms with E-state index in [2.05, 4.69) is 21.8 Å². The summed E-state index contributed by atoms with van der Waals surface area (Å²) in [5.41, 5.74) is 8.98. The number of carboxylic acid groups (broad SMARTS) is 1. The molecule has 0 aliphatic carbocycles. The molecule has 178 valence electrons. The van der Waals surface area contributed by atoms with Gasteiger partial charge >= 0.3 is 6.09 Å². The summed E-state index contributed by atoms with van der Waals surface area (Å²) in [6, 6.07) is 5.22. The third kappa shape index (κ3) is 4.43. The molecule has 0 bridgehead atoms. The number of amides is 1. The third-order valence-electron chi connectivity index (χ3n) is 5.96. The average molecular weight is 466 g/mol. The molecule has 34 heavy (non-hydrogen) atoms. The van der Waals surface area contributed by atoms with E-state index >= 15 is 0 Å². The van der Waals surface area contributed by atoms with Crippen molar-refractivity contribution in [3.05, 3.63) is 41.3 Å². The van der Waals surface area contributed by atoms with Crippen LogP contribution in [0.3, 0.4) is 0 Å². The maximum atomic E-state index is 11.7. The van der Waals surface area contributed by atoms with E-state index in [9.17, 15) is 9.90 Å². The van der Waals surface area contributed by atoms with Gasteiger partial charge in [-0.05, 0) is 25.0 Å². The van der Waals surface area contributed by atoms with E-state index in [0.717, 1.165) is 18.5 Å². The smallest absolute Gasteiger partial charge is 0.407 e. The van der Waals surface area contributed by atoms with Crippen LogP contribution in [0.2, 0.25) is 0 Å². The lowest BCUT2D eigenvalue weighted by atomic mass is 10.1. The molecule has 1 aliphatic rings. The number of benzene rings is 1. The summed E-state index contributed by atoms with van der Waals surface area (Å²) >= 11 is 0. The van der Waals surface area contributed by atoms with Gasteiger partial charge in [-0.3, -0.25) is 0 Å². The minimum atomic E-state index is -0.923. The number of nitrogens with two attached hydrogens (primary N) is 1. The highest BCUT2D eigenvalue weighted by molar-refractivity contribution is 5.94. The van der Waals surface area contributed by atoms with E-state index in [1.54, 1.807) is 27.4 Å². The molecular weight excluding hydrogens is 438 g/mol. The van der Waals surface area contributed by atoms with Gasteiger partial charge in [-0.2, -0.15) is 0 Å². The van der Waals surface area contributed by atoms with Gasteiger partial charge in [0.2, 0.25) is 0 Å². The number of anilines is 1. The first kappa shape index (κ1) is 23.2. The summed E-state index contributed by atoms with van der Waals surface area (Å²) in [5.74, 6) is 7.95. The zero-order valence-corrected chi connectivity index (χ0v) is 19.4. The lowest BCUT2D eigenvalue weighted by Gasteiger charge is -2.23. The van der Waals surface area contributed by atoms with Crippen LogP contribution in [-0.2, 0) is 17.9 Å². The minimum absolute atomic E-state index is 0.177. The fourth-order valence-corrected chi connectivity index (χ4v) is 4.36. The third-order valence-corrected chi connectivity index (χ3v) is 5.96. The molecule has 10 heteroatoms. The van der Waals surface area contributed by atoms with Crippen molar-refractivity contribution < 1.29 is 24.1 Å². The van der Waals surface area contributed by atoms with Gasteiger partial charge in [-0.15, -0.1) is 0 Å². The highest BCUT2D eigenvalue weighted by atomic mass is 16.5. The van der Waals surface area contributed by atoms with Crippen LogP contribution in [0.25, 0.3) is 11.0 Å². The molecule has 1 amide bonds. The Balaban J connectivity index is 1.86. The van der Waals surface area contributed by atoms with E-state index in [-0.39, 0.29) is 12.6 Å². The van der Waals surface area contributed by atoms with Crippen LogP contribution >= 0.6 is 0 Å². The molecule has 3 aromatic rings. The quantitative estimate of drug-likeness (QED) is 0.533. The van der Waals surface area contributed by atoms with E-state index < -0.39 is 6.09 Å². The Bertz CT molecular complexity index is 1250. The fourth-order valence-electron chi connectivity index (χ4n) is 4.36. The fraction of sp³-hybridized carbons (Fsp3) is 0.375. The van der Waals surface area contributed by atoms with E-state index in [0.29, 0.717) is 52.6 Å². The Labute approximate surface area is 197 Å². The van der Waals surface area contributed by atoms with Crippen LogP contribution in [0, 0.1) is 11.8 Å². The molecule has 4 rings (SSSR count). The van der Waals surface area contributed by atoms with Gasteiger partial charge in [0.15, 0.2) is 0 Å². The number of hydrogen-bond acceptors (Lipinski definition) is 7. The first-order valence-electron chi connectivity index (χ1n) is 10.8. The summed E-state index contributed by atoms with van der Waals surface area (Å²) in [6.45, 7) is 1.19. The topological polar surface area (TPSA) is 125 Å². The number of hydrogen-bond donors (Lipinski definition) is 2. The number of carbonyl (C=O) groups is 1. The van der Waals surface area contributed by atoms with Crippen LogP contribution in [0.5, 0.6) is 11.5 Å². The molecule has 3 heterocycles. The number of rotatable bonds is 6. The number of fused-ring (bicyclic) bond motifs is 1. The Morgan fingerprint density at radius 1 is 1.18 bits per heavy atom. The van der Waals surface area contributed by atoms with Gasteiger partial charge < -0.3 is 34.5 Å². The first-order chi connectivity index (χ1) is 16.5. The lowest BCUT2D eigenvalue weighted by molar-refractivity contribution is 0.135. The van der Waals surface area contributed by atoms with Crippen molar-refractivity contribution in [3.63, 3.8) is 0 Å². The SMILES string of the molecule is COCc1c(C#Cc2cc(OC)cc(OC)c2)c2c(N)ncnc2n1CC1CCCN1C(=O)O. The Morgan fingerprint density at radius 2 is 1.91 bits per heavy atom. The van der Waals surface area contributed by atoms with Gasteiger partial charge in [0.1, 0.15) is 29.3 Å². The maximum Gasteiger partial charge on any atom is 0.407 e. The number of aromatic nitrogens is 3. The number of nitrogen functional groups attached to an aromatic ring is 1. The average Bonchev–Trinajstić information content (AvgIpc) is 3.42. The van der Waals surface area contributed by atoms with Crippen molar-refractivity contribution in [1.82, 2.24) is 19.4 Å². The van der Waals surface area contributed by atoms with Gasteiger partial charge in [-0.1, -0.05) is 11.8 Å². The van der Waals surface area contributed by atoms with Crippen LogP contribution in [0.4, 0.5) is 10.6 Å². The molecule has 1 atom stereocenters. The molecular formula is C24H27N5O5. The lowest BCUT2D eigenvalue weighted by Crippen LogP contribution is -2.37. The number of methoxy groups -OCH3 is 3. The monoisotopic (exact) mass is 465 g/mol. The van der Waals surface area contributed by atoms with Gasteiger partial charge in [0.05, 0.1) is 43.5 Å². The molecule has 3 N–H and O–H groups in total. The molecule has 2 aromatic heterocycles. The molecule has 1 fully saturated rings. The zero-order valence-electron chi connectivity index (χ0n) is 19.4. The predicted molar refractivity (Wildman–Crippen MR) is 126 cm³/mol. The van der Waals surface area contributed by atoms with Gasteiger partial charge in [-0.25, -0.2) is 14.8 Å². The van der Waals surface area contributed by atoms with Crippen LogP contribution in [0.15, 0.2) is 24.5 Å². The van der Waals surface area contributed by atoms with E-state index in [1.807, 2.05) is 16.7 Å². The second-order valence-electron chi connectivity index (χ2n) is 7.95. The molecule has 10 nitrogen and oxygen atoms in total. The van der Waals surface area contributed by atoms with Crippen molar-refractivity contribution in [2.24, 2.45) is 0 Å². The van der Waals surface area contributed by atoms with Crippen LogP contribution < -0.4 is 15.2 Å². The van der Waals surface area contributed by atoms with Gasteiger partial charge in [0.25, 0.3) is 0 Å². The van der Waals surface area contributed by atoms with Crippen molar-refractivity contribution in [3.8, 4) is 23.3 Å². The van der Waals surface area contributed by atoms with Crippen molar-refractivity contribution in [1.29, 1.82) is 0 Å². The maximum absolute atomic E-state index is 11.7. The summed E-state index contributed by atoms with van der Waals surface area (Å²) in [4.78, 5) is 21.8. The summed E-state index contributed by atoms with van der Waals surface area (Å²) in [6.07, 6.45) is 2.06. The summed E-state index contributed by atoms with van der Waals surface area (Å²) in [7, 11) is 4.76. The largest absolute Gasteiger partial charge is 0.497 e. The highest BCUT2D eigenvalue weighted by Crippen LogP contribution is 2.31.